The van der Waals surface area contributed by atoms with E-state index in [1.165, 1.54) is 28.0 Å². The quantitative estimate of drug-likeness (QED) is 0.503. The van der Waals surface area contributed by atoms with Crippen LogP contribution >= 0.6 is 23.4 Å². The minimum Gasteiger partial charge on any atom is -0.129 e. The molecule has 0 amide bonds. The van der Waals surface area contributed by atoms with Gasteiger partial charge in [0.05, 0.1) is 5.38 Å². The van der Waals surface area contributed by atoms with Gasteiger partial charge in [-0.1, -0.05) is 55.8 Å². The van der Waals surface area contributed by atoms with E-state index < -0.39 is 0 Å². The molecule has 0 aliphatic carbocycles. The topological polar surface area (TPSA) is 0 Å². The molecular weight excluding hydrogens is 272 g/mol. The maximum absolute atomic E-state index is 6.63. The molecular formula is C17H19ClS. The molecule has 0 aliphatic rings. The molecule has 0 N–H and O–H groups in total. The first-order chi connectivity index (χ1) is 9.26. The zero-order valence-corrected chi connectivity index (χ0v) is 13.0. The highest BCUT2D eigenvalue weighted by molar-refractivity contribution is 7.98. The van der Waals surface area contributed by atoms with Crippen LogP contribution in [0.4, 0.5) is 0 Å². The monoisotopic (exact) mass is 290 g/mol. The van der Waals surface area contributed by atoms with Gasteiger partial charge in [0, 0.05) is 4.90 Å². The summed E-state index contributed by atoms with van der Waals surface area (Å²) in [6.45, 7) is 2.20. The second-order valence-electron chi connectivity index (χ2n) is 4.60. The lowest BCUT2D eigenvalue weighted by atomic mass is 10.0. The Hall–Kier alpha value is -0.920. The van der Waals surface area contributed by atoms with Gasteiger partial charge in [0.1, 0.15) is 0 Å². The standard InChI is InChI=1S/C17H19ClS/c1-3-6-13-9-11-14(12-10-13)17(18)15-7-4-5-8-16(15)19-2/h4-5,7-12,17H,3,6H2,1-2H3. The van der Waals surface area contributed by atoms with Crippen LogP contribution < -0.4 is 0 Å². The number of rotatable bonds is 5. The zero-order chi connectivity index (χ0) is 13.7. The minimum atomic E-state index is -0.0701. The highest BCUT2D eigenvalue weighted by atomic mass is 35.5. The van der Waals surface area contributed by atoms with Crippen LogP contribution in [0.25, 0.3) is 0 Å². The first-order valence-electron chi connectivity index (χ1n) is 6.62. The van der Waals surface area contributed by atoms with E-state index >= 15 is 0 Å². The predicted octanol–water partition coefficient (Wildman–Crippen LogP) is 5.69. The summed E-state index contributed by atoms with van der Waals surface area (Å²) >= 11 is 8.38. The number of thioether (sulfide) groups is 1. The van der Waals surface area contributed by atoms with E-state index in [-0.39, 0.29) is 5.38 Å². The van der Waals surface area contributed by atoms with Crippen molar-refractivity contribution in [3.63, 3.8) is 0 Å². The summed E-state index contributed by atoms with van der Waals surface area (Å²) in [6.07, 6.45) is 4.40. The van der Waals surface area contributed by atoms with Crippen LogP contribution in [-0.2, 0) is 6.42 Å². The normalized spacial score (nSPS) is 12.4. The van der Waals surface area contributed by atoms with Crippen LogP contribution in [-0.4, -0.2) is 6.26 Å². The summed E-state index contributed by atoms with van der Waals surface area (Å²) in [5.41, 5.74) is 3.75. The zero-order valence-electron chi connectivity index (χ0n) is 11.4. The van der Waals surface area contributed by atoms with Crippen molar-refractivity contribution in [3.05, 3.63) is 65.2 Å². The molecule has 2 rings (SSSR count). The van der Waals surface area contributed by atoms with Crippen LogP contribution in [0.1, 0.15) is 35.4 Å². The van der Waals surface area contributed by atoms with E-state index in [0.717, 1.165) is 6.42 Å². The number of benzene rings is 2. The van der Waals surface area contributed by atoms with Crippen molar-refractivity contribution in [2.24, 2.45) is 0 Å². The molecule has 0 saturated heterocycles. The fraction of sp³-hybridized carbons (Fsp3) is 0.294. The number of aryl methyl sites for hydroxylation is 1. The number of halogens is 1. The van der Waals surface area contributed by atoms with E-state index in [1.54, 1.807) is 11.8 Å². The average Bonchev–Trinajstić information content (AvgIpc) is 2.47. The Balaban J connectivity index is 2.25. The first-order valence-corrected chi connectivity index (χ1v) is 8.28. The fourth-order valence-electron chi connectivity index (χ4n) is 2.20. The van der Waals surface area contributed by atoms with Crippen molar-refractivity contribution < 1.29 is 0 Å². The minimum absolute atomic E-state index is 0.0701. The molecule has 100 valence electrons. The van der Waals surface area contributed by atoms with Gasteiger partial charge in [-0.15, -0.1) is 23.4 Å². The van der Waals surface area contributed by atoms with Crippen molar-refractivity contribution in [2.45, 2.75) is 30.0 Å². The third-order valence-electron chi connectivity index (χ3n) is 3.22. The van der Waals surface area contributed by atoms with Gasteiger partial charge in [0.25, 0.3) is 0 Å². The van der Waals surface area contributed by atoms with Crippen molar-refractivity contribution in [2.75, 3.05) is 6.26 Å². The Morgan fingerprint density at radius 2 is 1.74 bits per heavy atom. The molecule has 0 spiro atoms. The Bertz CT molecular complexity index is 519. The SMILES string of the molecule is CCCc1ccc(C(Cl)c2ccccc2SC)cc1. The molecule has 0 heterocycles. The summed E-state index contributed by atoms with van der Waals surface area (Å²) in [5.74, 6) is 0. The summed E-state index contributed by atoms with van der Waals surface area (Å²) in [5, 5.41) is -0.0701. The predicted molar refractivity (Wildman–Crippen MR) is 86.4 cm³/mol. The number of hydrogen-bond donors (Lipinski definition) is 0. The third-order valence-corrected chi connectivity index (χ3v) is 4.52. The third kappa shape index (κ3) is 3.55. The molecule has 2 heteroatoms. The van der Waals surface area contributed by atoms with Crippen LogP contribution in [0.3, 0.4) is 0 Å². The van der Waals surface area contributed by atoms with E-state index in [4.69, 9.17) is 11.6 Å². The largest absolute Gasteiger partial charge is 0.129 e. The average molecular weight is 291 g/mol. The maximum Gasteiger partial charge on any atom is 0.0846 e. The van der Waals surface area contributed by atoms with Gasteiger partial charge >= 0.3 is 0 Å². The van der Waals surface area contributed by atoms with E-state index in [2.05, 4.69) is 61.7 Å². The van der Waals surface area contributed by atoms with Gasteiger partial charge in [-0.25, -0.2) is 0 Å². The number of hydrogen-bond acceptors (Lipinski definition) is 1. The van der Waals surface area contributed by atoms with Gasteiger partial charge < -0.3 is 0 Å². The molecule has 0 nitrogen and oxygen atoms in total. The van der Waals surface area contributed by atoms with Crippen molar-refractivity contribution >= 4 is 23.4 Å². The second-order valence-corrected chi connectivity index (χ2v) is 5.88. The van der Waals surface area contributed by atoms with Gasteiger partial charge in [-0.2, -0.15) is 0 Å². The Labute approximate surface area is 125 Å². The molecule has 1 atom stereocenters. The first kappa shape index (κ1) is 14.5. The summed E-state index contributed by atoms with van der Waals surface area (Å²) < 4.78 is 0. The molecule has 0 aliphatic heterocycles. The molecule has 0 saturated carbocycles. The van der Waals surface area contributed by atoms with Crippen LogP contribution in [0.15, 0.2) is 53.4 Å². The van der Waals surface area contributed by atoms with Crippen molar-refractivity contribution in [3.8, 4) is 0 Å². The maximum atomic E-state index is 6.63. The lowest BCUT2D eigenvalue weighted by molar-refractivity contribution is 0.919. The Morgan fingerprint density at radius 3 is 2.37 bits per heavy atom. The number of alkyl halides is 1. The molecule has 0 bridgehead atoms. The molecule has 19 heavy (non-hydrogen) atoms. The fourth-order valence-corrected chi connectivity index (χ4v) is 3.23. The van der Waals surface area contributed by atoms with Gasteiger partial charge in [-0.3, -0.25) is 0 Å². The van der Waals surface area contributed by atoms with Crippen molar-refractivity contribution in [1.82, 2.24) is 0 Å². The summed E-state index contributed by atoms with van der Waals surface area (Å²) in [7, 11) is 0. The lowest BCUT2D eigenvalue weighted by Gasteiger charge is -2.14. The Morgan fingerprint density at radius 1 is 1.05 bits per heavy atom. The van der Waals surface area contributed by atoms with E-state index in [1.807, 2.05) is 0 Å². The summed E-state index contributed by atoms with van der Waals surface area (Å²) in [6, 6.07) is 17.0. The second kappa shape index (κ2) is 7.02. The molecule has 2 aromatic rings. The summed E-state index contributed by atoms with van der Waals surface area (Å²) in [4.78, 5) is 1.25. The highest BCUT2D eigenvalue weighted by Crippen LogP contribution is 2.34. The van der Waals surface area contributed by atoms with E-state index in [0.29, 0.717) is 0 Å². The molecule has 0 fully saturated rings. The Kier molecular flexibility index (Phi) is 5.35. The smallest absolute Gasteiger partial charge is 0.0846 e. The molecule has 2 aromatic carbocycles. The molecule has 0 radical (unpaired) electrons. The van der Waals surface area contributed by atoms with E-state index in [9.17, 15) is 0 Å². The molecule has 1 unspecified atom stereocenters. The van der Waals surface area contributed by atoms with Crippen molar-refractivity contribution in [1.29, 1.82) is 0 Å². The van der Waals surface area contributed by atoms with Gasteiger partial charge in [0.15, 0.2) is 0 Å². The molecule has 0 aromatic heterocycles. The van der Waals surface area contributed by atoms with Crippen LogP contribution in [0, 0.1) is 0 Å². The van der Waals surface area contributed by atoms with Crippen LogP contribution in [0.2, 0.25) is 0 Å². The highest BCUT2D eigenvalue weighted by Gasteiger charge is 2.13. The lowest BCUT2D eigenvalue weighted by Crippen LogP contribution is -1.96. The van der Waals surface area contributed by atoms with Crippen LogP contribution in [0.5, 0.6) is 0 Å². The van der Waals surface area contributed by atoms with Gasteiger partial charge in [-0.05, 0) is 35.4 Å². The van der Waals surface area contributed by atoms with Gasteiger partial charge in [0.2, 0.25) is 0 Å².